The molecule has 1 saturated carbocycles. The third-order valence-corrected chi connectivity index (χ3v) is 7.10. The second-order valence-electron chi connectivity index (χ2n) is 7.10. The Kier molecular flexibility index (Phi) is 6.29. The van der Waals surface area contributed by atoms with Crippen molar-refractivity contribution in [2.24, 2.45) is 0 Å². The third-order valence-electron chi connectivity index (χ3n) is 5.20. The summed E-state index contributed by atoms with van der Waals surface area (Å²) < 4.78 is 27.4. The highest BCUT2D eigenvalue weighted by molar-refractivity contribution is 7.89. The van der Waals surface area contributed by atoms with Gasteiger partial charge in [0.05, 0.1) is 9.82 Å². The first-order valence-electron chi connectivity index (χ1n) is 9.43. The predicted octanol–water partition coefficient (Wildman–Crippen LogP) is 3.80. The summed E-state index contributed by atoms with van der Waals surface area (Å²) in [6.45, 7) is 0. The first kappa shape index (κ1) is 20.9. The van der Waals surface area contributed by atoms with E-state index in [1.807, 2.05) is 0 Å². The van der Waals surface area contributed by atoms with Crippen LogP contribution < -0.4 is 5.32 Å². The highest BCUT2D eigenvalue weighted by Crippen LogP contribution is 2.27. The minimum absolute atomic E-state index is 0.0219. The number of nitrogens with zero attached hydrogens (tertiary/aromatic N) is 2. The van der Waals surface area contributed by atoms with E-state index < -0.39 is 20.9 Å². The molecule has 0 unspecified atom stereocenters. The molecule has 0 saturated heterocycles. The highest BCUT2D eigenvalue weighted by Gasteiger charge is 2.29. The number of hydrogen-bond acceptors (Lipinski definition) is 5. The van der Waals surface area contributed by atoms with E-state index in [4.69, 9.17) is 0 Å². The molecule has 8 nitrogen and oxygen atoms in total. The first-order chi connectivity index (χ1) is 13.8. The van der Waals surface area contributed by atoms with Crippen LogP contribution >= 0.6 is 0 Å². The van der Waals surface area contributed by atoms with Gasteiger partial charge in [0.1, 0.15) is 0 Å². The average Bonchev–Trinajstić information content (AvgIpc) is 2.74. The van der Waals surface area contributed by atoms with E-state index in [1.165, 1.54) is 52.8 Å². The zero-order valence-electron chi connectivity index (χ0n) is 16.1. The first-order valence-corrected chi connectivity index (χ1v) is 10.9. The predicted molar refractivity (Wildman–Crippen MR) is 109 cm³/mol. The summed E-state index contributed by atoms with van der Waals surface area (Å²) in [7, 11) is -2.11. The zero-order chi connectivity index (χ0) is 21.0. The van der Waals surface area contributed by atoms with E-state index in [1.54, 1.807) is 7.05 Å². The number of carbonyl (C=O) groups is 1. The van der Waals surface area contributed by atoms with Gasteiger partial charge in [0, 0.05) is 36.5 Å². The summed E-state index contributed by atoms with van der Waals surface area (Å²) in [5.74, 6) is -0.490. The van der Waals surface area contributed by atoms with Gasteiger partial charge < -0.3 is 5.32 Å². The average molecular weight is 417 g/mol. The Hall–Kier alpha value is -2.78. The molecule has 0 atom stereocenters. The largest absolute Gasteiger partial charge is 0.322 e. The van der Waals surface area contributed by atoms with Gasteiger partial charge in [0.25, 0.3) is 11.6 Å². The summed E-state index contributed by atoms with van der Waals surface area (Å²) in [5.41, 5.74) is 0.497. The van der Waals surface area contributed by atoms with Gasteiger partial charge in [-0.15, -0.1) is 0 Å². The van der Waals surface area contributed by atoms with Crippen molar-refractivity contribution >= 4 is 27.3 Å². The number of non-ortho nitro benzene ring substituents is 1. The van der Waals surface area contributed by atoms with Crippen molar-refractivity contribution < 1.29 is 18.1 Å². The van der Waals surface area contributed by atoms with Crippen LogP contribution in [0.1, 0.15) is 42.5 Å². The number of rotatable bonds is 6. The number of nitro groups is 1. The van der Waals surface area contributed by atoms with Crippen LogP contribution in [0.3, 0.4) is 0 Å². The lowest BCUT2D eigenvalue weighted by Crippen LogP contribution is -2.38. The van der Waals surface area contributed by atoms with Crippen LogP contribution in [0.25, 0.3) is 0 Å². The van der Waals surface area contributed by atoms with Crippen LogP contribution in [0.5, 0.6) is 0 Å². The fourth-order valence-corrected chi connectivity index (χ4v) is 4.94. The van der Waals surface area contributed by atoms with Crippen molar-refractivity contribution in [3.05, 3.63) is 64.2 Å². The molecule has 154 valence electrons. The maximum absolute atomic E-state index is 13.0. The lowest BCUT2D eigenvalue weighted by Gasteiger charge is -2.30. The summed E-state index contributed by atoms with van der Waals surface area (Å²) >= 11 is 0. The minimum atomic E-state index is -3.70. The molecular weight excluding hydrogens is 394 g/mol. The third kappa shape index (κ3) is 4.80. The maximum Gasteiger partial charge on any atom is 0.269 e. The van der Waals surface area contributed by atoms with Gasteiger partial charge >= 0.3 is 0 Å². The molecule has 0 radical (unpaired) electrons. The Bertz CT molecular complexity index is 999. The van der Waals surface area contributed by atoms with Crippen LogP contribution in [0, 0.1) is 10.1 Å². The number of carbonyl (C=O) groups excluding carboxylic acids is 1. The number of nitro benzene ring substituents is 1. The van der Waals surface area contributed by atoms with Crippen molar-refractivity contribution in [3.8, 4) is 0 Å². The fourth-order valence-electron chi connectivity index (χ4n) is 3.47. The zero-order valence-corrected chi connectivity index (χ0v) is 16.9. The molecule has 29 heavy (non-hydrogen) atoms. The maximum atomic E-state index is 13.0. The molecule has 9 heteroatoms. The lowest BCUT2D eigenvalue weighted by molar-refractivity contribution is -0.384. The molecule has 1 N–H and O–H groups in total. The molecule has 2 aromatic rings. The Labute approximate surface area is 169 Å². The Morgan fingerprint density at radius 1 is 1.10 bits per heavy atom. The number of hydrogen-bond donors (Lipinski definition) is 1. The summed E-state index contributed by atoms with van der Waals surface area (Å²) in [5, 5.41) is 13.3. The van der Waals surface area contributed by atoms with Gasteiger partial charge in [-0.2, -0.15) is 4.31 Å². The van der Waals surface area contributed by atoms with Gasteiger partial charge in [0.15, 0.2) is 0 Å². The number of benzene rings is 2. The molecule has 2 aromatic carbocycles. The normalized spacial score (nSPS) is 15.2. The van der Waals surface area contributed by atoms with E-state index in [-0.39, 0.29) is 22.2 Å². The number of anilines is 1. The van der Waals surface area contributed by atoms with E-state index in [0.717, 1.165) is 32.1 Å². The molecule has 0 spiro atoms. The fraction of sp³-hybridized carbons (Fsp3) is 0.350. The molecule has 0 heterocycles. The van der Waals surface area contributed by atoms with Crippen LogP contribution in [0.2, 0.25) is 0 Å². The Morgan fingerprint density at radius 2 is 1.76 bits per heavy atom. The quantitative estimate of drug-likeness (QED) is 0.568. The van der Waals surface area contributed by atoms with E-state index in [9.17, 15) is 23.3 Å². The van der Waals surface area contributed by atoms with Crippen molar-refractivity contribution in [2.45, 2.75) is 43.0 Å². The van der Waals surface area contributed by atoms with Gasteiger partial charge in [0.2, 0.25) is 10.0 Å². The molecular formula is C20H23N3O5S. The lowest BCUT2D eigenvalue weighted by atomic mass is 9.96. The molecule has 1 amide bonds. The smallest absolute Gasteiger partial charge is 0.269 e. The standard InChI is InChI=1S/C20H23N3O5S/c1-22(17-7-3-2-4-8-17)29(27,28)19-9-5-6-15(14-19)20(24)21-16-10-12-18(13-11-16)23(25)26/h5-6,9-14,17H,2-4,7-8H2,1H3,(H,21,24). The van der Waals surface area contributed by atoms with Gasteiger partial charge in [-0.3, -0.25) is 14.9 Å². The summed E-state index contributed by atoms with van der Waals surface area (Å²) in [6, 6.07) is 11.3. The summed E-state index contributed by atoms with van der Waals surface area (Å²) in [6.07, 6.45) is 4.85. The molecule has 1 aliphatic carbocycles. The number of amides is 1. The molecule has 0 bridgehead atoms. The molecule has 1 fully saturated rings. The number of nitrogens with one attached hydrogen (secondary N) is 1. The van der Waals surface area contributed by atoms with Gasteiger partial charge in [-0.05, 0) is 43.2 Å². The van der Waals surface area contributed by atoms with Gasteiger partial charge in [-0.25, -0.2) is 8.42 Å². The van der Waals surface area contributed by atoms with E-state index in [0.29, 0.717) is 5.69 Å². The minimum Gasteiger partial charge on any atom is -0.322 e. The second-order valence-corrected chi connectivity index (χ2v) is 9.10. The van der Waals surface area contributed by atoms with Crippen molar-refractivity contribution in [3.63, 3.8) is 0 Å². The monoisotopic (exact) mass is 417 g/mol. The molecule has 0 aliphatic heterocycles. The summed E-state index contributed by atoms with van der Waals surface area (Å²) in [4.78, 5) is 22.8. The Morgan fingerprint density at radius 3 is 2.38 bits per heavy atom. The van der Waals surface area contributed by atoms with Crippen LogP contribution in [0.4, 0.5) is 11.4 Å². The van der Waals surface area contributed by atoms with Crippen LogP contribution in [0.15, 0.2) is 53.4 Å². The van der Waals surface area contributed by atoms with Crippen molar-refractivity contribution in [1.82, 2.24) is 4.31 Å². The SMILES string of the molecule is CN(C1CCCCC1)S(=O)(=O)c1cccc(C(=O)Nc2ccc([N+](=O)[O-])cc2)c1. The highest BCUT2D eigenvalue weighted by atomic mass is 32.2. The Balaban J connectivity index is 1.77. The van der Waals surface area contributed by atoms with Crippen molar-refractivity contribution in [2.75, 3.05) is 12.4 Å². The van der Waals surface area contributed by atoms with Gasteiger partial charge in [-0.1, -0.05) is 25.3 Å². The van der Waals surface area contributed by atoms with Crippen molar-refractivity contribution in [1.29, 1.82) is 0 Å². The van der Waals surface area contributed by atoms with Crippen LogP contribution in [-0.2, 0) is 10.0 Å². The molecule has 3 rings (SSSR count). The van der Waals surface area contributed by atoms with E-state index >= 15 is 0 Å². The molecule has 0 aromatic heterocycles. The molecule has 1 aliphatic rings. The van der Waals surface area contributed by atoms with Crippen LogP contribution in [-0.4, -0.2) is 36.6 Å². The topological polar surface area (TPSA) is 110 Å². The second kappa shape index (κ2) is 8.71. The van der Waals surface area contributed by atoms with E-state index in [2.05, 4.69) is 5.32 Å². The number of sulfonamides is 1.